The molecule has 0 aromatic carbocycles. The van der Waals surface area contributed by atoms with E-state index in [2.05, 4.69) is 4.74 Å². The predicted octanol–water partition coefficient (Wildman–Crippen LogP) is -3.95. The van der Waals surface area contributed by atoms with E-state index in [1.54, 1.807) is 14.1 Å². The normalized spacial score (nSPS) is 17.7. The van der Waals surface area contributed by atoms with Crippen molar-refractivity contribution in [2.75, 3.05) is 27.2 Å². The predicted molar refractivity (Wildman–Crippen MR) is 60.8 cm³/mol. The fourth-order valence-corrected chi connectivity index (χ4v) is 1.12. The van der Waals surface area contributed by atoms with E-state index in [1.165, 1.54) is 4.90 Å². The minimum Gasteiger partial charge on any atom is -0.394 e. The van der Waals surface area contributed by atoms with Crippen molar-refractivity contribution in [3.63, 3.8) is 0 Å². The molecular weight excluding hydrogens is 262 g/mol. The van der Waals surface area contributed by atoms with Crippen LogP contribution in [0.15, 0.2) is 0 Å². The van der Waals surface area contributed by atoms with Gasteiger partial charge in [-0.3, -0.25) is 9.69 Å². The summed E-state index contributed by atoms with van der Waals surface area (Å²) in [6, 6.07) is 0. The Labute approximate surface area is 109 Å². The van der Waals surface area contributed by atoms with Crippen molar-refractivity contribution in [2.45, 2.75) is 24.4 Å². The van der Waals surface area contributed by atoms with Crippen LogP contribution in [0.3, 0.4) is 0 Å². The Balaban J connectivity index is 4.43. The van der Waals surface area contributed by atoms with E-state index in [0.717, 1.165) is 0 Å². The first kappa shape index (κ1) is 17.9. The van der Waals surface area contributed by atoms with E-state index >= 15 is 0 Å². The van der Waals surface area contributed by atoms with Gasteiger partial charge in [-0.15, -0.1) is 0 Å². The smallest absolute Gasteiger partial charge is 0.345 e. The summed E-state index contributed by atoms with van der Waals surface area (Å²) in [6.45, 7) is -1.09. The molecule has 0 saturated heterocycles. The van der Waals surface area contributed by atoms with E-state index < -0.39 is 43.0 Å². The van der Waals surface area contributed by atoms with Crippen molar-refractivity contribution in [2.24, 2.45) is 0 Å². The molecule has 0 bridgehead atoms. The summed E-state index contributed by atoms with van der Waals surface area (Å²) in [4.78, 5) is 23.8. The van der Waals surface area contributed by atoms with Gasteiger partial charge in [-0.1, -0.05) is 0 Å². The van der Waals surface area contributed by atoms with Gasteiger partial charge >= 0.3 is 11.9 Å². The van der Waals surface area contributed by atoms with Gasteiger partial charge in [0.25, 0.3) is 0 Å². The van der Waals surface area contributed by atoms with Crippen LogP contribution in [-0.4, -0.2) is 94.0 Å². The van der Waals surface area contributed by atoms with Crippen molar-refractivity contribution in [1.82, 2.24) is 4.90 Å². The molecule has 112 valence electrons. The molecule has 0 spiro atoms. The molecule has 9 nitrogen and oxygen atoms in total. The van der Waals surface area contributed by atoms with E-state index in [0.29, 0.717) is 0 Å². The molecule has 0 unspecified atom stereocenters. The highest BCUT2D eigenvalue weighted by Crippen LogP contribution is 2.06. The summed E-state index contributed by atoms with van der Waals surface area (Å²) >= 11 is 0. The lowest BCUT2D eigenvalue weighted by Gasteiger charge is -2.24. The molecule has 19 heavy (non-hydrogen) atoms. The van der Waals surface area contributed by atoms with Gasteiger partial charge in [0.15, 0.2) is 6.10 Å². The average Bonchev–Trinajstić information content (AvgIpc) is 2.33. The van der Waals surface area contributed by atoms with Crippen molar-refractivity contribution in [3.05, 3.63) is 0 Å². The molecule has 9 heteroatoms. The Morgan fingerprint density at radius 3 is 2.05 bits per heavy atom. The van der Waals surface area contributed by atoms with E-state index in [4.69, 9.17) is 10.2 Å². The van der Waals surface area contributed by atoms with Crippen molar-refractivity contribution in [3.8, 4) is 0 Å². The fourth-order valence-electron chi connectivity index (χ4n) is 1.12. The van der Waals surface area contributed by atoms with Crippen LogP contribution in [0.1, 0.15) is 0 Å². The quantitative estimate of drug-likeness (QED) is 0.233. The Morgan fingerprint density at radius 1 is 1.11 bits per heavy atom. The minimum absolute atomic E-state index is 0.212. The first-order chi connectivity index (χ1) is 8.70. The summed E-state index contributed by atoms with van der Waals surface area (Å²) in [5, 5.41) is 45.5. The van der Waals surface area contributed by atoms with Crippen LogP contribution in [0.5, 0.6) is 0 Å². The first-order valence-electron chi connectivity index (χ1n) is 5.43. The summed E-state index contributed by atoms with van der Waals surface area (Å²) in [7, 11) is 3.11. The van der Waals surface area contributed by atoms with Gasteiger partial charge in [-0.2, -0.15) is 0 Å². The fraction of sp³-hybridized carbons (Fsp3) is 0.800. The lowest BCUT2D eigenvalue weighted by atomic mass is 10.0. The molecule has 0 aromatic heterocycles. The van der Waals surface area contributed by atoms with Crippen LogP contribution in [0.4, 0.5) is 0 Å². The number of hydrogen-bond acceptors (Lipinski definition) is 9. The maximum Gasteiger partial charge on any atom is 0.345 e. The van der Waals surface area contributed by atoms with Crippen LogP contribution in [0.2, 0.25) is 0 Å². The molecule has 0 fully saturated rings. The van der Waals surface area contributed by atoms with Gasteiger partial charge in [0, 0.05) is 0 Å². The maximum atomic E-state index is 11.3. The molecule has 0 amide bonds. The monoisotopic (exact) mass is 281 g/mol. The molecule has 0 radical (unpaired) electrons. The van der Waals surface area contributed by atoms with E-state index in [1.807, 2.05) is 0 Å². The summed E-state index contributed by atoms with van der Waals surface area (Å²) in [6.07, 6.45) is -8.02. The number of hydrogen-bond donors (Lipinski definition) is 5. The molecule has 0 aliphatic carbocycles. The first-order valence-corrected chi connectivity index (χ1v) is 5.43. The van der Waals surface area contributed by atoms with Gasteiger partial charge in [0.1, 0.15) is 18.3 Å². The minimum atomic E-state index is -2.22. The van der Waals surface area contributed by atoms with E-state index in [9.17, 15) is 24.9 Å². The van der Waals surface area contributed by atoms with Crippen LogP contribution < -0.4 is 0 Å². The van der Waals surface area contributed by atoms with Crippen molar-refractivity contribution in [1.29, 1.82) is 0 Å². The molecule has 0 saturated carbocycles. The van der Waals surface area contributed by atoms with Gasteiger partial charge in [0.05, 0.1) is 13.2 Å². The van der Waals surface area contributed by atoms with E-state index in [-0.39, 0.29) is 6.54 Å². The SMILES string of the molecule is CN(C)CC(=O)OC(=O)[C@H](O)[C@@H](O)[C@H](O)[C@H](O)CO. The van der Waals surface area contributed by atoms with Crippen molar-refractivity contribution < 1.29 is 39.9 Å². The number of rotatable bonds is 7. The Kier molecular flexibility index (Phi) is 7.68. The third kappa shape index (κ3) is 6.05. The number of aliphatic hydroxyl groups excluding tert-OH is 5. The molecule has 0 aliphatic heterocycles. The second-order valence-electron chi connectivity index (χ2n) is 4.21. The van der Waals surface area contributed by atoms with Crippen LogP contribution in [-0.2, 0) is 14.3 Å². The van der Waals surface area contributed by atoms with Gasteiger partial charge in [-0.05, 0) is 14.1 Å². The lowest BCUT2D eigenvalue weighted by molar-refractivity contribution is -0.177. The Morgan fingerprint density at radius 2 is 1.63 bits per heavy atom. The largest absolute Gasteiger partial charge is 0.394 e. The maximum absolute atomic E-state index is 11.3. The van der Waals surface area contributed by atoms with Gasteiger partial charge in [0.2, 0.25) is 0 Å². The number of ether oxygens (including phenoxy) is 1. The molecular formula is C10H19NO8. The Hall–Kier alpha value is -1.10. The number of aliphatic hydroxyl groups is 5. The number of nitrogens with zero attached hydrogens (tertiary/aromatic N) is 1. The summed E-state index contributed by atoms with van der Waals surface area (Å²) < 4.78 is 4.22. The number of esters is 2. The van der Waals surface area contributed by atoms with Crippen molar-refractivity contribution >= 4 is 11.9 Å². The van der Waals surface area contributed by atoms with Crippen LogP contribution >= 0.6 is 0 Å². The number of likely N-dealkylation sites (N-methyl/N-ethyl adjacent to an activating group) is 1. The molecule has 4 atom stereocenters. The highest BCUT2D eigenvalue weighted by Gasteiger charge is 2.36. The zero-order valence-corrected chi connectivity index (χ0v) is 10.6. The van der Waals surface area contributed by atoms with Gasteiger partial charge < -0.3 is 30.3 Å². The molecule has 0 rings (SSSR count). The van der Waals surface area contributed by atoms with Crippen LogP contribution in [0.25, 0.3) is 0 Å². The standard InChI is InChI=1S/C10H19NO8/c1-11(2)3-6(14)19-10(18)9(17)8(16)7(15)5(13)4-12/h5,7-9,12-13,15-17H,3-4H2,1-2H3/t5-,7-,8+,9-/m1/s1. The summed E-state index contributed by atoms with van der Waals surface area (Å²) in [5.41, 5.74) is 0. The second-order valence-corrected chi connectivity index (χ2v) is 4.21. The Bertz CT molecular complexity index is 308. The number of carbonyl (C=O) groups is 2. The second kappa shape index (κ2) is 8.15. The average molecular weight is 281 g/mol. The highest BCUT2D eigenvalue weighted by atomic mass is 16.6. The third-order valence-corrected chi connectivity index (χ3v) is 2.16. The number of carbonyl (C=O) groups excluding carboxylic acids is 2. The highest BCUT2D eigenvalue weighted by molar-refractivity contribution is 5.88. The van der Waals surface area contributed by atoms with Crippen LogP contribution in [0, 0.1) is 0 Å². The molecule has 0 heterocycles. The molecule has 0 aliphatic rings. The van der Waals surface area contributed by atoms with Gasteiger partial charge in [-0.25, -0.2) is 4.79 Å². The zero-order valence-electron chi connectivity index (χ0n) is 10.6. The third-order valence-electron chi connectivity index (χ3n) is 2.16. The zero-order chi connectivity index (χ0) is 15.2. The lowest BCUT2D eigenvalue weighted by Crippen LogP contribution is -2.49. The summed E-state index contributed by atoms with van der Waals surface area (Å²) in [5.74, 6) is -2.40. The topological polar surface area (TPSA) is 148 Å². The molecule has 0 aromatic rings. The molecule has 5 N–H and O–H groups in total.